The largest absolute Gasteiger partial charge is 0.462 e. The average molecular weight is 471 g/mol. The van der Waals surface area contributed by atoms with Gasteiger partial charge in [0.05, 0.1) is 18.1 Å². The van der Waals surface area contributed by atoms with Gasteiger partial charge in [0.2, 0.25) is 0 Å². The summed E-state index contributed by atoms with van der Waals surface area (Å²) in [6.07, 6.45) is 0. The first kappa shape index (κ1) is 21.2. The molecule has 0 amide bonds. The number of ether oxygens (including phenoxy) is 1. The lowest BCUT2D eigenvalue weighted by atomic mass is 10.2. The number of aryl methyl sites for hydroxylation is 1. The van der Waals surface area contributed by atoms with E-state index in [4.69, 9.17) is 4.74 Å². The predicted molar refractivity (Wildman–Crippen MR) is 117 cm³/mol. The normalized spacial score (nSPS) is 10.6. The second-order valence-electron chi connectivity index (χ2n) is 6.12. The number of carbonyl (C=O) groups excluding carboxylic acids is 2. The van der Waals surface area contributed by atoms with E-state index >= 15 is 0 Å². The Balaban J connectivity index is 1.93. The Morgan fingerprint density at radius 1 is 1.03 bits per heavy atom. The highest BCUT2D eigenvalue weighted by atomic mass is 79.9. The zero-order chi connectivity index (χ0) is 20.8. The van der Waals surface area contributed by atoms with Crippen LogP contribution in [0.4, 0.5) is 0 Å². The molecule has 0 radical (unpaired) electrons. The number of halogens is 1. The summed E-state index contributed by atoms with van der Waals surface area (Å²) in [6, 6.07) is 16.7. The Kier molecular flexibility index (Phi) is 7.17. The molecule has 0 aliphatic heterocycles. The smallest absolute Gasteiger partial charge is 0.342 e. The highest BCUT2D eigenvalue weighted by Crippen LogP contribution is 2.28. The van der Waals surface area contributed by atoms with Crippen LogP contribution in [0.2, 0.25) is 0 Å². The van der Waals surface area contributed by atoms with E-state index in [0.717, 1.165) is 10.0 Å². The van der Waals surface area contributed by atoms with E-state index < -0.39 is 5.97 Å². The van der Waals surface area contributed by atoms with Crippen LogP contribution in [0.1, 0.15) is 33.3 Å². The number of aromatic nitrogens is 2. The topological polar surface area (TPSA) is 69.2 Å². The van der Waals surface area contributed by atoms with Crippen LogP contribution in [0, 0.1) is 6.92 Å². The molecule has 0 unspecified atom stereocenters. The van der Waals surface area contributed by atoms with Gasteiger partial charge >= 0.3 is 5.97 Å². The second kappa shape index (κ2) is 9.80. The molecule has 3 aromatic rings. The third-order valence-corrected chi connectivity index (χ3v) is 5.58. The second-order valence-corrected chi connectivity index (χ2v) is 8.00. The summed E-state index contributed by atoms with van der Waals surface area (Å²) in [5, 5.41) is 0.445. The van der Waals surface area contributed by atoms with E-state index in [1.807, 2.05) is 42.5 Å². The molecule has 0 atom stereocenters. The monoisotopic (exact) mass is 470 g/mol. The summed E-state index contributed by atoms with van der Waals surface area (Å²) in [6.45, 7) is 3.75. The molecule has 0 saturated heterocycles. The number of nitrogens with zero attached hydrogens (tertiary/aromatic N) is 2. The minimum absolute atomic E-state index is 0.0464. The lowest BCUT2D eigenvalue weighted by Gasteiger charge is -2.12. The van der Waals surface area contributed by atoms with Gasteiger partial charge in [0, 0.05) is 15.6 Å². The number of ketones is 1. The molecule has 0 aliphatic carbocycles. The summed E-state index contributed by atoms with van der Waals surface area (Å²) in [5.74, 6) is 0.131. The van der Waals surface area contributed by atoms with Crippen molar-refractivity contribution in [2.75, 3.05) is 12.4 Å². The van der Waals surface area contributed by atoms with Crippen molar-refractivity contribution in [2.45, 2.75) is 18.9 Å². The first-order chi connectivity index (χ1) is 14.0. The van der Waals surface area contributed by atoms with Crippen LogP contribution in [0.3, 0.4) is 0 Å². The molecule has 7 heteroatoms. The molecule has 1 heterocycles. The number of benzene rings is 2. The first-order valence-electron chi connectivity index (χ1n) is 9.02. The molecular weight excluding hydrogens is 452 g/mol. The van der Waals surface area contributed by atoms with Gasteiger partial charge in [-0.2, -0.15) is 0 Å². The molecule has 2 aromatic carbocycles. The van der Waals surface area contributed by atoms with Crippen LogP contribution in [-0.4, -0.2) is 34.1 Å². The summed E-state index contributed by atoms with van der Waals surface area (Å²) >= 11 is 4.58. The highest BCUT2D eigenvalue weighted by Gasteiger charge is 2.22. The number of thioether (sulfide) groups is 1. The van der Waals surface area contributed by atoms with Gasteiger partial charge in [-0.05, 0) is 26.0 Å². The van der Waals surface area contributed by atoms with Crippen LogP contribution in [-0.2, 0) is 4.74 Å². The summed E-state index contributed by atoms with van der Waals surface area (Å²) < 4.78 is 6.08. The number of esters is 1. The Hall–Kier alpha value is -2.51. The number of rotatable bonds is 7. The van der Waals surface area contributed by atoms with Crippen molar-refractivity contribution in [1.82, 2.24) is 9.97 Å². The molecule has 29 heavy (non-hydrogen) atoms. The Morgan fingerprint density at radius 3 is 2.38 bits per heavy atom. The van der Waals surface area contributed by atoms with Crippen molar-refractivity contribution in [3.8, 4) is 11.4 Å². The average Bonchev–Trinajstić information content (AvgIpc) is 2.73. The molecule has 0 aliphatic rings. The van der Waals surface area contributed by atoms with E-state index in [-0.39, 0.29) is 18.1 Å². The summed E-state index contributed by atoms with van der Waals surface area (Å²) in [4.78, 5) is 34.1. The summed E-state index contributed by atoms with van der Waals surface area (Å²) in [7, 11) is 0. The van der Waals surface area contributed by atoms with Crippen molar-refractivity contribution in [3.05, 3.63) is 75.9 Å². The van der Waals surface area contributed by atoms with Gasteiger partial charge in [-0.15, -0.1) is 0 Å². The van der Waals surface area contributed by atoms with Crippen molar-refractivity contribution >= 4 is 39.4 Å². The summed E-state index contributed by atoms with van der Waals surface area (Å²) in [5.41, 5.74) is 2.27. The molecule has 148 valence electrons. The fourth-order valence-corrected chi connectivity index (χ4v) is 3.88. The molecule has 0 spiro atoms. The lowest BCUT2D eigenvalue weighted by molar-refractivity contribution is 0.0519. The maximum atomic E-state index is 12.6. The van der Waals surface area contributed by atoms with Gasteiger partial charge in [-0.25, -0.2) is 14.8 Å². The van der Waals surface area contributed by atoms with Crippen LogP contribution < -0.4 is 0 Å². The number of carbonyl (C=O) groups is 2. The fraction of sp³-hybridized carbons (Fsp3) is 0.182. The van der Waals surface area contributed by atoms with Crippen molar-refractivity contribution < 1.29 is 14.3 Å². The van der Waals surface area contributed by atoms with Gasteiger partial charge in [0.1, 0.15) is 10.6 Å². The van der Waals surface area contributed by atoms with Crippen molar-refractivity contribution in [3.63, 3.8) is 0 Å². The van der Waals surface area contributed by atoms with E-state index in [0.29, 0.717) is 27.7 Å². The maximum absolute atomic E-state index is 12.6. The first-order valence-corrected chi connectivity index (χ1v) is 10.8. The molecule has 0 fully saturated rings. The molecular formula is C22H19BrN2O3S. The quantitative estimate of drug-likeness (QED) is 0.200. The van der Waals surface area contributed by atoms with Crippen LogP contribution in [0.5, 0.6) is 0 Å². The third-order valence-electron chi connectivity index (χ3n) is 4.07. The van der Waals surface area contributed by atoms with Gasteiger partial charge in [-0.3, -0.25) is 4.79 Å². The minimum Gasteiger partial charge on any atom is -0.462 e. The highest BCUT2D eigenvalue weighted by molar-refractivity contribution is 9.10. The predicted octanol–water partition coefficient (Wildman–Crippen LogP) is 5.37. The van der Waals surface area contributed by atoms with Gasteiger partial charge < -0.3 is 4.74 Å². The van der Waals surface area contributed by atoms with Crippen LogP contribution in [0.15, 0.2) is 64.1 Å². The molecule has 0 bridgehead atoms. The number of hydrogen-bond acceptors (Lipinski definition) is 6. The molecule has 3 rings (SSSR count). The molecule has 0 saturated carbocycles. The van der Waals surface area contributed by atoms with E-state index in [1.165, 1.54) is 11.8 Å². The van der Waals surface area contributed by atoms with E-state index in [1.54, 1.807) is 26.0 Å². The minimum atomic E-state index is -0.483. The van der Waals surface area contributed by atoms with Crippen LogP contribution >= 0.6 is 27.7 Å². The van der Waals surface area contributed by atoms with Crippen molar-refractivity contribution in [2.24, 2.45) is 0 Å². The SMILES string of the molecule is CCOC(=O)c1c(C)nc(-c2ccccc2)nc1SCC(=O)c1ccc(Br)cc1. The van der Waals surface area contributed by atoms with Gasteiger partial charge in [-0.1, -0.05) is 70.2 Å². The lowest BCUT2D eigenvalue weighted by Crippen LogP contribution is -2.13. The van der Waals surface area contributed by atoms with Gasteiger partial charge in [0.25, 0.3) is 0 Å². The Bertz CT molecular complexity index is 1020. The standard InChI is InChI=1S/C22H19BrN2O3S/c1-3-28-22(27)19-14(2)24-20(16-7-5-4-6-8-16)25-21(19)29-13-18(26)15-9-11-17(23)12-10-15/h4-12H,3,13H2,1-2H3. The fourth-order valence-electron chi connectivity index (χ4n) is 2.66. The van der Waals surface area contributed by atoms with Crippen LogP contribution in [0.25, 0.3) is 11.4 Å². The van der Waals surface area contributed by atoms with Crippen molar-refractivity contribution in [1.29, 1.82) is 0 Å². The molecule has 5 nitrogen and oxygen atoms in total. The number of hydrogen-bond donors (Lipinski definition) is 0. The number of Topliss-reactive ketones (excluding diaryl/α,β-unsaturated/α-hetero) is 1. The Labute approximate surface area is 182 Å². The zero-order valence-electron chi connectivity index (χ0n) is 16.0. The molecule has 1 aromatic heterocycles. The van der Waals surface area contributed by atoms with Gasteiger partial charge in [0.15, 0.2) is 11.6 Å². The molecule has 0 N–H and O–H groups in total. The van der Waals surface area contributed by atoms with E-state index in [9.17, 15) is 9.59 Å². The third kappa shape index (κ3) is 5.31. The zero-order valence-corrected chi connectivity index (χ0v) is 18.4. The van der Waals surface area contributed by atoms with E-state index in [2.05, 4.69) is 25.9 Å². The maximum Gasteiger partial charge on any atom is 0.342 e. The Morgan fingerprint density at radius 2 is 1.72 bits per heavy atom.